The molecule has 4 heteroatoms. The molecule has 1 aromatic heterocycles. The summed E-state index contributed by atoms with van der Waals surface area (Å²) < 4.78 is 5.15. The van der Waals surface area contributed by atoms with Crippen molar-refractivity contribution in [2.24, 2.45) is 0 Å². The fraction of sp³-hybridized carbons (Fsp3) is 0.250. The van der Waals surface area contributed by atoms with Crippen LogP contribution in [0.2, 0.25) is 0 Å². The highest BCUT2D eigenvalue weighted by Gasteiger charge is 2.15. The van der Waals surface area contributed by atoms with E-state index in [1.165, 1.54) is 0 Å². The first kappa shape index (κ1) is 14.1. The van der Waals surface area contributed by atoms with Gasteiger partial charge in [-0.1, -0.05) is 12.1 Å². The SMILES string of the molecule is COc1cccc(C(=O)c2cccnc2NC(C)C)c1. The van der Waals surface area contributed by atoms with Crippen LogP contribution in [0.4, 0.5) is 5.82 Å². The molecular weight excluding hydrogens is 252 g/mol. The van der Waals surface area contributed by atoms with Gasteiger partial charge in [0, 0.05) is 17.8 Å². The van der Waals surface area contributed by atoms with Crippen LogP contribution in [0.5, 0.6) is 5.75 Å². The van der Waals surface area contributed by atoms with Gasteiger partial charge in [0.2, 0.25) is 0 Å². The number of aromatic nitrogens is 1. The molecule has 0 unspecified atom stereocenters. The zero-order valence-electron chi connectivity index (χ0n) is 11.9. The normalized spacial score (nSPS) is 10.4. The van der Waals surface area contributed by atoms with E-state index in [1.807, 2.05) is 19.9 Å². The number of ether oxygens (including phenoxy) is 1. The summed E-state index contributed by atoms with van der Waals surface area (Å²) >= 11 is 0. The van der Waals surface area contributed by atoms with Crippen LogP contribution in [-0.2, 0) is 0 Å². The second kappa shape index (κ2) is 6.19. The highest BCUT2D eigenvalue weighted by Crippen LogP contribution is 2.20. The molecule has 1 heterocycles. The lowest BCUT2D eigenvalue weighted by Gasteiger charge is -2.13. The van der Waals surface area contributed by atoms with Gasteiger partial charge in [0.1, 0.15) is 11.6 Å². The van der Waals surface area contributed by atoms with E-state index in [4.69, 9.17) is 4.74 Å². The Hall–Kier alpha value is -2.36. The van der Waals surface area contributed by atoms with E-state index in [2.05, 4.69) is 10.3 Å². The minimum absolute atomic E-state index is 0.0693. The number of benzene rings is 1. The van der Waals surface area contributed by atoms with Crippen molar-refractivity contribution in [1.82, 2.24) is 4.98 Å². The maximum Gasteiger partial charge on any atom is 0.196 e. The Labute approximate surface area is 118 Å². The zero-order valence-corrected chi connectivity index (χ0v) is 11.9. The number of pyridine rings is 1. The first-order valence-corrected chi connectivity index (χ1v) is 6.52. The van der Waals surface area contributed by atoms with Crippen LogP contribution in [0, 0.1) is 0 Å². The van der Waals surface area contributed by atoms with Crippen LogP contribution in [0.25, 0.3) is 0 Å². The Balaban J connectivity index is 2.37. The van der Waals surface area contributed by atoms with Crippen LogP contribution in [0.15, 0.2) is 42.6 Å². The molecule has 0 saturated heterocycles. The van der Waals surface area contributed by atoms with Crippen molar-refractivity contribution < 1.29 is 9.53 Å². The first-order chi connectivity index (χ1) is 9.61. The van der Waals surface area contributed by atoms with Gasteiger partial charge in [0.15, 0.2) is 5.78 Å². The Morgan fingerprint density at radius 2 is 2.05 bits per heavy atom. The number of nitrogens with zero attached hydrogens (tertiary/aromatic N) is 1. The molecule has 104 valence electrons. The monoisotopic (exact) mass is 270 g/mol. The van der Waals surface area contributed by atoms with Gasteiger partial charge in [-0.25, -0.2) is 4.98 Å². The summed E-state index contributed by atoms with van der Waals surface area (Å²) in [5, 5.41) is 3.19. The summed E-state index contributed by atoms with van der Waals surface area (Å²) in [7, 11) is 1.58. The number of hydrogen-bond donors (Lipinski definition) is 1. The summed E-state index contributed by atoms with van der Waals surface area (Å²) in [5.41, 5.74) is 1.15. The van der Waals surface area contributed by atoms with E-state index in [1.54, 1.807) is 43.6 Å². The van der Waals surface area contributed by atoms with Crippen LogP contribution < -0.4 is 10.1 Å². The standard InChI is InChI=1S/C16H18N2O2/c1-11(2)18-16-14(8-5-9-17-16)15(19)12-6-4-7-13(10-12)20-3/h4-11H,1-3H3,(H,17,18). The second-order valence-corrected chi connectivity index (χ2v) is 4.76. The third-order valence-electron chi connectivity index (χ3n) is 2.81. The van der Waals surface area contributed by atoms with Gasteiger partial charge in [0.25, 0.3) is 0 Å². The molecule has 0 aliphatic heterocycles. The number of carbonyl (C=O) groups excluding carboxylic acids is 1. The molecule has 2 rings (SSSR count). The van der Waals surface area contributed by atoms with Crippen molar-refractivity contribution in [3.05, 3.63) is 53.7 Å². The van der Waals surface area contributed by atoms with Gasteiger partial charge >= 0.3 is 0 Å². The Morgan fingerprint density at radius 3 is 2.75 bits per heavy atom. The zero-order chi connectivity index (χ0) is 14.5. The predicted octanol–water partition coefficient (Wildman–Crippen LogP) is 3.14. The van der Waals surface area contributed by atoms with Crippen molar-refractivity contribution in [2.75, 3.05) is 12.4 Å². The minimum atomic E-state index is -0.0693. The van der Waals surface area contributed by atoms with Gasteiger partial charge < -0.3 is 10.1 Å². The minimum Gasteiger partial charge on any atom is -0.497 e. The highest BCUT2D eigenvalue weighted by atomic mass is 16.5. The maximum atomic E-state index is 12.6. The fourth-order valence-corrected chi connectivity index (χ4v) is 1.90. The number of hydrogen-bond acceptors (Lipinski definition) is 4. The highest BCUT2D eigenvalue weighted by molar-refractivity contribution is 6.12. The number of rotatable bonds is 5. The Bertz CT molecular complexity index is 609. The van der Waals surface area contributed by atoms with E-state index in [9.17, 15) is 4.79 Å². The molecule has 4 nitrogen and oxygen atoms in total. The van der Waals surface area contributed by atoms with Gasteiger partial charge in [-0.15, -0.1) is 0 Å². The Kier molecular flexibility index (Phi) is 4.35. The lowest BCUT2D eigenvalue weighted by Crippen LogP contribution is -2.15. The van der Waals surface area contributed by atoms with Gasteiger partial charge in [0.05, 0.1) is 12.7 Å². The quantitative estimate of drug-likeness (QED) is 0.848. The van der Waals surface area contributed by atoms with Gasteiger partial charge in [-0.05, 0) is 38.1 Å². The topological polar surface area (TPSA) is 51.2 Å². The van der Waals surface area contributed by atoms with Crippen LogP contribution >= 0.6 is 0 Å². The molecule has 0 bridgehead atoms. The third kappa shape index (κ3) is 3.15. The Morgan fingerprint density at radius 1 is 1.25 bits per heavy atom. The van der Waals surface area contributed by atoms with Gasteiger partial charge in [-0.2, -0.15) is 0 Å². The molecule has 1 N–H and O–H groups in total. The molecule has 0 fully saturated rings. The number of ketones is 1. The van der Waals surface area contributed by atoms with Crippen LogP contribution in [-0.4, -0.2) is 23.9 Å². The fourth-order valence-electron chi connectivity index (χ4n) is 1.90. The molecule has 0 atom stereocenters. The second-order valence-electron chi connectivity index (χ2n) is 4.76. The summed E-state index contributed by atoms with van der Waals surface area (Å²) in [6.45, 7) is 4.02. The molecule has 0 aliphatic carbocycles. The maximum absolute atomic E-state index is 12.6. The molecule has 0 aliphatic rings. The van der Waals surface area contributed by atoms with E-state index in [0.717, 1.165) is 0 Å². The predicted molar refractivity (Wildman–Crippen MR) is 79.4 cm³/mol. The van der Waals surface area contributed by atoms with Crippen molar-refractivity contribution in [3.63, 3.8) is 0 Å². The van der Waals surface area contributed by atoms with E-state index < -0.39 is 0 Å². The number of carbonyl (C=O) groups is 1. The molecule has 0 amide bonds. The summed E-state index contributed by atoms with van der Waals surface area (Å²) in [6, 6.07) is 10.9. The average molecular weight is 270 g/mol. The average Bonchev–Trinajstić information content (AvgIpc) is 2.46. The van der Waals surface area contributed by atoms with E-state index in [-0.39, 0.29) is 11.8 Å². The molecular formula is C16H18N2O2. The van der Waals surface area contributed by atoms with E-state index >= 15 is 0 Å². The molecule has 20 heavy (non-hydrogen) atoms. The number of anilines is 1. The van der Waals surface area contributed by atoms with Crippen LogP contribution in [0.3, 0.4) is 0 Å². The number of nitrogens with one attached hydrogen (secondary N) is 1. The summed E-state index contributed by atoms with van der Waals surface area (Å²) in [5.74, 6) is 1.20. The van der Waals surface area contributed by atoms with Crippen molar-refractivity contribution >= 4 is 11.6 Å². The molecule has 1 aromatic carbocycles. The lowest BCUT2D eigenvalue weighted by atomic mass is 10.0. The molecule has 0 saturated carbocycles. The first-order valence-electron chi connectivity index (χ1n) is 6.52. The lowest BCUT2D eigenvalue weighted by molar-refractivity contribution is 0.103. The van der Waals surface area contributed by atoms with Crippen molar-refractivity contribution in [1.29, 1.82) is 0 Å². The third-order valence-corrected chi connectivity index (χ3v) is 2.81. The van der Waals surface area contributed by atoms with Crippen LogP contribution in [0.1, 0.15) is 29.8 Å². The molecule has 0 radical (unpaired) electrons. The smallest absolute Gasteiger partial charge is 0.196 e. The summed E-state index contributed by atoms with van der Waals surface area (Å²) in [4.78, 5) is 16.8. The largest absolute Gasteiger partial charge is 0.497 e. The molecule has 0 spiro atoms. The van der Waals surface area contributed by atoms with E-state index in [0.29, 0.717) is 22.7 Å². The summed E-state index contributed by atoms with van der Waals surface area (Å²) in [6.07, 6.45) is 1.67. The van der Waals surface area contributed by atoms with Gasteiger partial charge in [-0.3, -0.25) is 4.79 Å². The number of methoxy groups -OCH3 is 1. The van der Waals surface area contributed by atoms with Crippen molar-refractivity contribution in [3.8, 4) is 5.75 Å². The molecule has 2 aromatic rings. The van der Waals surface area contributed by atoms with Crippen molar-refractivity contribution in [2.45, 2.75) is 19.9 Å².